The minimum absolute atomic E-state index is 0. The maximum atomic E-state index is 6.23. The Morgan fingerprint density at radius 2 is 2.04 bits per heavy atom. The summed E-state index contributed by atoms with van der Waals surface area (Å²) in [5, 5.41) is 8.66. The molecule has 0 amide bonds. The van der Waals surface area contributed by atoms with Gasteiger partial charge in [-0.3, -0.25) is 4.90 Å². The molecule has 1 saturated carbocycles. The number of rotatable bonds is 3. The molecule has 0 unspecified atom stereocenters. The van der Waals surface area contributed by atoms with Crippen LogP contribution in [0, 0.1) is 0 Å². The molecule has 1 aromatic carbocycles. The Morgan fingerprint density at radius 3 is 2.80 bits per heavy atom. The normalized spacial score (nSPS) is 20.4. The zero-order valence-corrected chi connectivity index (χ0v) is 15.9. The van der Waals surface area contributed by atoms with E-state index in [2.05, 4.69) is 26.4 Å². The summed E-state index contributed by atoms with van der Waals surface area (Å²) in [5.41, 5.74) is 2.61. The van der Waals surface area contributed by atoms with Crippen molar-refractivity contribution in [2.45, 2.75) is 44.2 Å². The van der Waals surface area contributed by atoms with E-state index in [0.717, 1.165) is 36.9 Å². The molecule has 136 valence electrons. The van der Waals surface area contributed by atoms with Crippen LogP contribution in [0.5, 0.6) is 0 Å². The van der Waals surface area contributed by atoms with Crippen LogP contribution in [0.3, 0.4) is 0 Å². The van der Waals surface area contributed by atoms with Crippen molar-refractivity contribution in [1.29, 1.82) is 0 Å². The van der Waals surface area contributed by atoms with Gasteiger partial charge in [-0.1, -0.05) is 36.9 Å². The maximum Gasteiger partial charge on any atom is 0.138 e. The summed E-state index contributed by atoms with van der Waals surface area (Å²) in [5.74, 6) is 0. The van der Waals surface area contributed by atoms with Crippen LogP contribution in [0.2, 0.25) is 5.02 Å². The first-order chi connectivity index (χ1) is 11.8. The van der Waals surface area contributed by atoms with Gasteiger partial charge in [0.2, 0.25) is 0 Å². The predicted octanol–water partition coefficient (Wildman–Crippen LogP) is 3.45. The number of hydrogen-bond acceptors (Lipinski definition) is 4. The molecule has 1 aliphatic carbocycles. The van der Waals surface area contributed by atoms with Gasteiger partial charge in [0, 0.05) is 36.7 Å². The lowest BCUT2D eigenvalue weighted by molar-refractivity contribution is 0.0208. The SMILES string of the molecule is Cl.Clc1ccc(CN2CCNCC23CCCCC3)c(-n2cncn2)c1. The van der Waals surface area contributed by atoms with Crippen LogP contribution in [-0.2, 0) is 6.54 Å². The van der Waals surface area contributed by atoms with Gasteiger partial charge in [-0.05, 0) is 30.5 Å². The van der Waals surface area contributed by atoms with Crippen molar-refractivity contribution >= 4 is 24.0 Å². The molecule has 7 heteroatoms. The monoisotopic (exact) mass is 381 g/mol. The Hall–Kier alpha value is -1.14. The molecular formula is C18H25Cl2N5. The molecule has 0 atom stereocenters. The van der Waals surface area contributed by atoms with E-state index >= 15 is 0 Å². The largest absolute Gasteiger partial charge is 0.314 e. The highest BCUT2D eigenvalue weighted by Crippen LogP contribution is 2.36. The minimum atomic E-state index is 0. The summed E-state index contributed by atoms with van der Waals surface area (Å²) in [7, 11) is 0. The average Bonchev–Trinajstić information content (AvgIpc) is 3.14. The van der Waals surface area contributed by atoms with Gasteiger partial charge in [0.25, 0.3) is 0 Å². The first kappa shape index (κ1) is 18.6. The first-order valence-electron chi connectivity index (χ1n) is 8.86. The molecule has 4 rings (SSSR count). The molecule has 1 spiro atoms. The summed E-state index contributed by atoms with van der Waals surface area (Å²) in [4.78, 5) is 6.77. The summed E-state index contributed by atoms with van der Waals surface area (Å²) < 4.78 is 1.82. The number of aromatic nitrogens is 3. The molecular weight excluding hydrogens is 357 g/mol. The van der Waals surface area contributed by atoms with Gasteiger partial charge in [0.1, 0.15) is 12.7 Å². The molecule has 1 aromatic heterocycles. The van der Waals surface area contributed by atoms with Crippen LogP contribution in [0.1, 0.15) is 37.7 Å². The van der Waals surface area contributed by atoms with Crippen LogP contribution in [0.4, 0.5) is 0 Å². The van der Waals surface area contributed by atoms with Crippen molar-refractivity contribution < 1.29 is 0 Å². The van der Waals surface area contributed by atoms with E-state index in [1.807, 2.05) is 16.8 Å². The van der Waals surface area contributed by atoms with Gasteiger partial charge >= 0.3 is 0 Å². The molecule has 2 aliphatic rings. The second-order valence-corrected chi connectivity index (χ2v) is 7.43. The van der Waals surface area contributed by atoms with Crippen LogP contribution in [0.25, 0.3) is 5.69 Å². The minimum Gasteiger partial charge on any atom is -0.314 e. The molecule has 1 saturated heterocycles. The topological polar surface area (TPSA) is 46.0 Å². The van der Waals surface area contributed by atoms with Crippen molar-refractivity contribution in [2.24, 2.45) is 0 Å². The Bertz CT molecular complexity index is 675. The average molecular weight is 382 g/mol. The third-order valence-electron chi connectivity index (χ3n) is 5.54. The number of halogens is 2. The summed E-state index contributed by atoms with van der Waals surface area (Å²) in [6, 6.07) is 6.10. The fourth-order valence-electron chi connectivity index (χ4n) is 4.26. The highest BCUT2D eigenvalue weighted by Gasteiger charge is 2.39. The quantitative estimate of drug-likeness (QED) is 0.883. The highest BCUT2D eigenvalue weighted by molar-refractivity contribution is 6.30. The number of nitrogens with one attached hydrogen (secondary N) is 1. The van der Waals surface area contributed by atoms with E-state index in [1.165, 1.54) is 37.7 Å². The first-order valence-corrected chi connectivity index (χ1v) is 9.24. The lowest BCUT2D eigenvalue weighted by atomic mass is 9.79. The Balaban J connectivity index is 0.00000182. The van der Waals surface area contributed by atoms with Crippen LogP contribution in [-0.4, -0.2) is 44.8 Å². The summed E-state index contributed by atoms with van der Waals surface area (Å²) in [6.45, 7) is 4.21. The number of piperazine rings is 1. The molecule has 2 aromatic rings. The summed E-state index contributed by atoms with van der Waals surface area (Å²) >= 11 is 6.23. The second kappa shape index (κ2) is 8.04. The Kier molecular flexibility index (Phi) is 6.00. The summed E-state index contributed by atoms with van der Waals surface area (Å²) in [6.07, 6.45) is 9.96. The molecule has 2 fully saturated rings. The Labute approximate surface area is 160 Å². The van der Waals surface area contributed by atoms with E-state index in [-0.39, 0.29) is 12.4 Å². The highest BCUT2D eigenvalue weighted by atomic mass is 35.5. The van der Waals surface area contributed by atoms with E-state index < -0.39 is 0 Å². The van der Waals surface area contributed by atoms with E-state index in [1.54, 1.807) is 12.7 Å². The van der Waals surface area contributed by atoms with Gasteiger partial charge < -0.3 is 5.32 Å². The van der Waals surface area contributed by atoms with Gasteiger partial charge in [0.05, 0.1) is 5.69 Å². The zero-order chi connectivity index (χ0) is 16.4. The maximum absolute atomic E-state index is 6.23. The molecule has 1 N–H and O–H groups in total. The van der Waals surface area contributed by atoms with Crippen LogP contribution >= 0.6 is 24.0 Å². The van der Waals surface area contributed by atoms with Gasteiger partial charge in [-0.25, -0.2) is 9.67 Å². The number of nitrogens with zero attached hydrogens (tertiary/aromatic N) is 4. The predicted molar refractivity (Wildman–Crippen MR) is 103 cm³/mol. The number of hydrogen-bond donors (Lipinski definition) is 1. The molecule has 0 radical (unpaired) electrons. The molecule has 2 heterocycles. The van der Waals surface area contributed by atoms with Crippen molar-refractivity contribution in [3.8, 4) is 5.69 Å². The van der Waals surface area contributed by atoms with Gasteiger partial charge in [0.15, 0.2) is 0 Å². The van der Waals surface area contributed by atoms with Gasteiger partial charge in [-0.2, -0.15) is 5.10 Å². The van der Waals surface area contributed by atoms with Crippen LogP contribution in [0.15, 0.2) is 30.9 Å². The fourth-order valence-corrected chi connectivity index (χ4v) is 4.42. The third kappa shape index (κ3) is 3.85. The Morgan fingerprint density at radius 1 is 1.20 bits per heavy atom. The van der Waals surface area contributed by atoms with Crippen LogP contribution < -0.4 is 5.32 Å². The van der Waals surface area contributed by atoms with Crippen molar-refractivity contribution in [1.82, 2.24) is 25.0 Å². The van der Waals surface area contributed by atoms with E-state index in [0.29, 0.717) is 5.54 Å². The van der Waals surface area contributed by atoms with E-state index in [9.17, 15) is 0 Å². The van der Waals surface area contributed by atoms with Crippen molar-refractivity contribution in [2.75, 3.05) is 19.6 Å². The molecule has 0 bridgehead atoms. The lowest BCUT2D eigenvalue weighted by Crippen LogP contribution is -2.61. The van der Waals surface area contributed by atoms with Gasteiger partial charge in [-0.15, -0.1) is 12.4 Å². The molecule has 1 aliphatic heterocycles. The number of benzene rings is 1. The van der Waals surface area contributed by atoms with Crippen molar-refractivity contribution in [3.63, 3.8) is 0 Å². The van der Waals surface area contributed by atoms with Crippen molar-refractivity contribution in [3.05, 3.63) is 41.4 Å². The molecule has 5 nitrogen and oxygen atoms in total. The lowest BCUT2D eigenvalue weighted by Gasteiger charge is -2.50. The fraction of sp³-hybridized carbons (Fsp3) is 0.556. The smallest absolute Gasteiger partial charge is 0.138 e. The molecule has 25 heavy (non-hydrogen) atoms. The van der Waals surface area contributed by atoms with E-state index in [4.69, 9.17) is 11.6 Å². The third-order valence-corrected chi connectivity index (χ3v) is 5.78. The second-order valence-electron chi connectivity index (χ2n) is 7.00. The zero-order valence-electron chi connectivity index (χ0n) is 14.3. The standard InChI is InChI=1S/C18H24ClN5.ClH/c19-16-5-4-15(17(10-16)24-14-21-13-22-24)11-23-9-8-20-12-18(23)6-2-1-3-7-18;/h4-5,10,13-14,20H,1-3,6-9,11-12H2;1H.